The summed E-state index contributed by atoms with van der Waals surface area (Å²) in [5, 5.41) is 5.86. The molecular weight excluding hydrogens is 392 g/mol. The van der Waals surface area contributed by atoms with E-state index >= 15 is 0 Å². The molecule has 0 saturated carbocycles. The minimum atomic E-state index is -4.06. The van der Waals surface area contributed by atoms with Crippen molar-refractivity contribution in [1.82, 2.24) is 14.5 Å². The molecule has 0 radical (unpaired) electrons. The number of hydrogen-bond donors (Lipinski definition) is 2. The normalized spacial score (nSPS) is 11.0. The van der Waals surface area contributed by atoms with E-state index in [1.165, 1.54) is 24.3 Å². The Morgan fingerprint density at radius 1 is 1.00 bits per heavy atom. The average molecular weight is 405 g/mol. The number of nitrogens with one attached hydrogen (secondary N) is 2. The summed E-state index contributed by atoms with van der Waals surface area (Å²) in [5.74, 6) is 0. The van der Waals surface area contributed by atoms with E-state index in [-0.39, 0.29) is 15.6 Å². The highest BCUT2D eigenvalue weighted by Gasteiger charge is 2.19. The van der Waals surface area contributed by atoms with Crippen LogP contribution >= 0.6 is 11.6 Å². The molecule has 1 heterocycles. The largest absolute Gasteiger partial charge is 0.333 e. The predicted molar refractivity (Wildman–Crippen MR) is 101 cm³/mol. The first-order valence-electron chi connectivity index (χ1n) is 7.60. The molecule has 0 aliphatic carbocycles. The predicted octanol–water partition coefficient (Wildman–Crippen LogP) is 2.40. The van der Waals surface area contributed by atoms with Gasteiger partial charge >= 0.3 is 6.03 Å². The Balaban J connectivity index is 1.81. The van der Waals surface area contributed by atoms with Crippen LogP contribution in [-0.2, 0) is 10.0 Å². The molecule has 0 saturated heterocycles. The first-order valence-corrected chi connectivity index (χ1v) is 9.47. The zero-order valence-corrected chi connectivity index (χ0v) is 15.2. The smallest absolute Gasteiger partial charge is 0.304 e. The van der Waals surface area contributed by atoms with E-state index in [1.54, 1.807) is 36.4 Å². The van der Waals surface area contributed by atoms with E-state index < -0.39 is 21.6 Å². The maximum absolute atomic E-state index is 12.4. The van der Waals surface area contributed by atoms with Crippen LogP contribution in [0.3, 0.4) is 0 Å². The average Bonchev–Trinajstić information content (AvgIpc) is 2.66. The number of carbonyl (C=O) groups excluding carboxylic acids is 1. The van der Waals surface area contributed by atoms with Crippen molar-refractivity contribution in [3.8, 4) is 5.69 Å². The molecule has 0 aliphatic heterocycles. The number of hydrogen-bond acceptors (Lipinski definition) is 5. The Hall–Kier alpha value is -3.17. The van der Waals surface area contributed by atoms with Gasteiger partial charge in [-0.25, -0.2) is 17.9 Å². The number of benzene rings is 2. The van der Waals surface area contributed by atoms with E-state index in [0.29, 0.717) is 5.69 Å². The lowest BCUT2D eigenvalue weighted by Gasteiger charge is -2.11. The monoisotopic (exact) mass is 404 g/mol. The summed E-state index contributed by atoms with van der Waals surface area (Å²) < 4.78 is 27.2. The van der Waals surface area contributed by atoms with Crippen LogP contribution in [0.15, 0.2) is 76.6 Å². The number of urea groups is 1. The number of rotatable bonds is 4. The maximum atomic E-state index is 12.4. The number of carbonyl (C=O) groups is 1. The number of para-hydroxylation sites is 1. The molecule has 10 heteroatoms. The highest BCUT2D eigenvalue weighted by Crippen LogP contribution is 2.17. The number of amides is 2. The Kier molecular flexibility index (Phi) is 5.24. The van der Waals surface area contributed by atoms with Crippen LogP contribution in [0.5, 0.6) is 0 Å². The molecule has 0 unspecified atom stereocenters. The van der Waals surface area contributed by atoms with Crippen LogP contribution in [0.1, 0.15) is 0 Å². The fourth-order valence-electron chi connectivity index (χ4n) is 2.20. The molecule has 0 fully saturated rings. The molecule has 2 aromatic carbocycles. The molecule has 8 nitrogen and oxygen atoms in total. The summed E-state index contributed by atoms with van der Waals surface area (Å²) in [6.45, 7) is 0. The first-order chi connectivity index (χ1) is 12.9. The molecule has 0 aliphatic rings. The molecule has 27 heavy (non-hydrogen) atoms. The number of aromatic nitrogens is 2. The zero-order valence-electron chi connectivity index (χ0n) is 13.7. The van der Waals surface area contributed by atoms with Crippen LogP contribution in [0.25, 0.3) is 5.69 Å². The minimum absolute atomic E-state index is 0.0798. The second-order valence-electron chi connectivity index (χ2n) is 5.30. The Labute approximate surface area is 159 Å². The number of halogens is 1. The highest BCUT2D eigenvalue weighted by atomic mass is 35.5. The van der Waals surface area contributed by atoms with Crippen molar-refractivity contribution in [1.29, 1.82) is 0 Å². The summed E-state index contributed by atoms with van der Waals surface area (Å²) in [6.07, 6.45) is 1.16. The fourth-order valence-corrected chi connectivity index (χ4v) is 3.31. The number of sulfonamides is 1. The molecule has 2 N–H and O–H groups in total. The summed E-state index contributed by atoms with van der Waals surface area (Å²) >= 11 is 6.02. The van der Waals surface area contributed by atoms with Crippen molar-refractivity contribution in [3.05, 3.63) is 82.2 Å². The van der Waals surface area contributed by atoms with Crippen molar-refractivity contribution < 1.29 is 13.2 Å². The van der Waals surface area contributed by atoms with Gasteiger partial charge < -0.3 is 5.32 Å². The molecule has 2 amide bonds. The van der Waals surface area contributed by atoms with E-state index in [1.807, 2.05) is 4.72 Å². The van der Waals surface area contributed by atoms with Crippen molar-refractivity contribution in [2.45, 2.75) is 4.90 Å². The first kappa shape index (κ1) is 18.6. The maximum Gasteiger partial charge on any atom is 0.333 e. The third-order valence-corrected chi connectivity index (χ3v) is 5.16. The SMILES string of the molecule is O=C(Nc1cnn(-c2ccccc2)c(=O)c1Cl)NS(=O)(=O)c1ccccc1. The van der Waals surface area contributed by atoms with Gasteiger partial charge in [0.15, 0.2) is 0 Å². The summed E-state index contributed by atoms with van der Waals surface area (Å²) in [6, 6.07) is 14.9. The van der Waals surface area contributed by atoms with Crippen molar-refractivity contribution >= 4 is 33.3 Å². The van der Waals surface area contributed by atoms with Crippen molar-refractivity contribution in [3.63, 3.8) is 0 Å². The molecule has 1 aromatic heterocycles. The molecule has 0 spiro atoms. The second-order valence-corrected chi connectivity index (χ2v) is 7.36. The lowest BCUT2D eigenvalue weighted by atomic mass is 10.3. The van der Waals surface area contributed by atoms with E-state index in [0.717, 1.165) is 10.9 Å². The lowest BCUT2D eigenvalue weighted by Crippen LogP contribution is -2.35. The van der Waals surface area contributed by atoms with Crippen LogP contribution in [-0.4, -0.2) is 24.2 Å². The second kappa shape index (κ2) is 7.60. The van der Waals surface area contributed by atoms with Gasteiger partial charge in [-0.2, -0.15) is 9.78 Å². The Morgan fingerprint density at radius 3 is 2.22 bits per heavy atom. The van der Waals surface area contributed by atoms with Crippen molar-refractivity contribution in [2.24, 2.45) is 0 Å². The van der Waals surface area contributed by atoms with Gasteiger partial charge in [-0.05, 0) is 24.3 Å². The fraction of sp³-hybridized carbons (Fsp3) is 0. The lowest BCUT2D eigenvalue weighted by molar-refractivity contribution is 0.256. The summed E-state index contributed by atoms with van der Waals surface area (Å²) in [5.41, 5.74) is -0.284. The van der Waals surface area contributed by atoms with Gasteiger partial charge in [0.25, 0.3) is 15.6 Å². The molecule has 0 atom stereocenters. The van der Waals surface area contributed by atoms with E-state index in [4.69, 9.17) is 11.6 Å². The van der Waals surface area contributed by atoms with Gasteiger partial charge in [-0.1, -0.05) is 48.0 Å². The van der Waals surface area contributed by atoms with Crippen molar-refractivity contribution in [2.75, 3.05) is 5.32 Å². The van der Waals surface area contributed by atoms with E-state index in [2.05, 4.69) is 10.4 Å². The quantitative estimate of drug-likeness (QED) is 0.693. The van der Waals surface area contributed by atoms with Crippen LogP contribution < -0.4 is 15.6 Å². The van der Waals surface area contributed by atoms with Gasteiger partial charge in [-0.3, -0.25) is 4.79 Å². The molecule has 138 valence electrons. The molecule has 3 aromatic rings. The van der Waals surface area contributed by atoms with Gasteiger partial charge in [0, 0.05) is 0 Å². The molecular formula is C17H13ClN4O4S. The Morgan fingerprint density at radius 2 is 1.59 bits per heavy atom. The van der Waals surface area contributed by atoms with E-state index in [9.17, 15) is 18.0 Å². The van der Waals surface area contributed by atoms with Gasteiger partial charge in [0.05, 0.1) is 22.5 Å². The highest BCUT2D eigenvalue weighted by molar-refractivity contribution is 7.90. The molecule has 0 bridgehead atoms. The van der Waals surface area contributed by atoms with Crippen LogP contribution in [0.4, 0.5) is 10.5 Å². The van der Waals surface area contributed by atoms with Gasteiger partial charge in [-0.15, -0.1) is 0 Å². The van der Waals surface area contributed by atoms with Gasteiger partial charge in [0.2, 0.25) is 0 Å². The summed E-state index contributed by atoms with van der Waals surface area (Å²) in [7, 11) is -4.06. The Bertz CT molecular complexity index is 1130. The standard InChI is InChI=1S/C17H13ClN4O4S/c18-15-14(11-19-22(16(15)23)12-7-3-1-4-8-12)20-17(24)21-27(25,26)13-9-5-2-6-10-13/h1-11H,(H2,20,21,24). The minimum Gasteiger partial charge on any atom is -0.304 e. The van der Waals surface area contributed by atoms with Gasteiger partial charge in [0.1, 0.15) is 5.02 Å². The zero-order chi connectivity index (χ0) is 19.4. The third-order valence-electron chi connectivity index (χ3n) is 3.45. The summed E-state index contributed by atoms with van der Waals surface area (Å²) in [4.78, 5) is 24.3. The molecule has 3 rings (SSSR count). The van der Waals surface area contributed by atoms with Crippen LogP contribution in [0, 0.1) is 0 Å². The number of anilines is 1. The van der Waals surface area contributed by atoms with Crippen LogP contribution in [0.2, 0.25) is 5.02 Å². The topological polar surface area (TPSA) is 110 Å². The number of nitrogens with zero attached hydrogens (tertiary/aromatic N) is 2. The third kappa shape index (κ3) is 4.15.